The molecule has 0 aliphatic heterocycles. The van der Waals surface area contributed by atoms with Crippen LogP contribution in [0.1, 0.15) is 38.1 Å². The second kappa shape index (κ2) is 5.87. The molecule has 1 aromatic carbocycles. The van der Waals surface area contributed by atoms with Gasteiger partial charge in [-0.05, 0) is 37.2 Å². The van der Waals surface area contributed by atoms with Gasteiger partial charge in [0.05, 0.1) is 6.61 Å². The minimum absolute atomic E-state index is 0.0118. The van der Waals surface area contributed by atoms with Crippen molar-refractivity contribution in [1.82, 2.24) is 0 Å². The first-order valence-corrected chi connectivity index (χ1v) is 9.69. The number of ether oxygens (including phenoxy) is 1. The molecule has 0 bridgehead atoms. The molecule has 0 fully saturated rings. The van der Waals surface area contributed by atoms with Crippen LogP contribution in [0.2, 0.25) is 18.1 Å². The lowest BCUT2D eigenvalue weighted by atomic mass is 10.2. The molecule has 0 unspecified atom stereocenters. The van der Waals surface area contributed by atoms with Gasteiger partial charge in [0.15, 0.2) is 11.5 Å². The molecule has 1 N–H and O–H groups in total. The lowest BCUT2D eigenvalue weighted by Gasteiger charge is -2.37. The van der Waals surface area contributed by atoms with Crippen LogP contribution in [0.4, 0.5) is 0 Å². The van der Waals surface area contributed by atoms with Gasteiger partial charge in [-0.3, -0.25) is 0 Å². The Bertz CT molecular complexity index is 489. The molecule has 4 nitrogen and oxygen atoms in total. The number of para-hydroxylation sites is 1. The summed E-state index contributed by atoms with van der Waals surface area (Å²) in [5.74, 6) is -0.147. The SMILES string of the molecule is CCOc1cccc(C(=O)O)c1O[Si](C)(C)C(C)(C)C. The largest absolute Gasteiger partial charge is 0.540 e. The molecule has 0 atom stereocenters. The van der Waals surface area contributed by atoms with Gasteiger partial charge in [-0.1, -0.05) is 26.8 Å². The zero-order chi connectivity index (χ0) is 15.6. The minimum Gasteiger partial charge on any atom is -0.540 e. The van der Waals surface area contributed by atoms with E-state index in [0.29, 0.717) is 18.1 Å². The molecule has 5 heteroatoms. The Kier molecular flexibility index (Phi) is 4.86. The molecule has 1 aromatic rings. The van der Waals surface area contributed by atoms with E-state index >= 15 is 0 Å². The Morgan fingerprint density at radius 2 is 1.90 bits per heavy atom. The van der Waals surface area contributed by atoms with Crippen molar-refractivity contribution in [2.45, 2.75) is 45.8 Å². The second-order valence-electron chi connectivity index (χ2n) is 6.23. The molecule has 0 radical (unpaired) electrons. The highest BCUT2D eigenvalue weighted by Crippen LogP contribution is 2.41. The van der Waals surface area contributed by atoms with Crippen LogP contribution in [-0.4, -0.2) is 26.0 Å². The van der Waals surface area contributed by atoms with Gasteiger partial charge in [0, 0.05) is 0 Å². The van der Waals surface area contributed by atoms with Gasteiger partial charge in [-0.15, -0.1) is 0 Å². The predicted molar refractivity (Wildman–Crippen MR) is 82.4 cm³/mol. The average molecular weight is 296 g/mol. The molecule has 0 aliphatic carbocycles. The standard InChI is InChI=1S/C15H24O4Si/c1-7-18-12-10-8-9-11(14(16)17)13(12)19-20(5,6)15(2,3)4/h8-10H,7H2,1-6H3,(H,16,17). The van der Waals surface area contributed by atoms with Gasteiger partial charge in [-0.25, -0.2) is 4.79 Å². The number of aromatic carboxylic acids is 1. The maximum atomic E-state index is 11.4. The predicted octanol–water partition coefficient (Wildman–Crippen LogP) is 4.17. The smallest absolute Gasteiger partial charge is 0.339 e. The fourth-order valence-corrected chi connectivity index (χ4v) is 2.49. The number of benzene rings is 1. The first kappa shape index (κ1) is 16.6. The van der Waals surface area contributed by atoms with Crippen molar-refractivity contribution in [3.05, 3.63) is 23.8 Å². The molecular formula is C15H24O4Si. The molecule has 0 heterocycles. The molecule has 0 saturated heterocycles. The van der Waals surface area contributed by atoms with Crippen LogP contribution in [0.15, 0.2) is 18.2 Å². The summed E-state index contributed by atoms with van der Waals surface area (Å²) in [4.78, 5) is 11.4. The average Bonchev–Trinajstić information content (AvgIpc) is 2.29. The van der Waals surface area contributed by atoms with E-state index in [2.05, 4.69) is 33.9 Å². The second-order valence-corrected chi connectivity index (χ2v) is 11.0. The molecule has 0 aliphatic rings. The normalized spacial score (nSPS) is 12.1. The highest BCUT2D eigenvalue weighted by molar-refractivity contribution is 6.74. The summed E-state index contributed by atoms with van der Waals surface area (Å²) in [6.07, 6.45) is 0. The summed E-state index contributed by atoms with van der Waals surface area (Å²) in [5, 5.41) is 9.33. The highest BCUT2D eigenvalue weighted by Gasteiger charge is 2.40. The van der Waals surface area contributed by atoms with Gasteiger partial charge < -0.3 is 14.3 Å². The van der Waals surface area contributed by atoms with Crippen molar-refractivity contribution in [3.63, 3.8) is 0 Å². The maximum absolute atomic E-state index is 11.4. The maximum Gasteiger partial charge on any atom is 0.339 e. The molecule has 0 aromatic heterocycles. The summed E-state index contributed by atoms with van der Waals surface area (Å²) in [7, 11) is -2.13. The van der Waals surface area contributed by atoms with Crippen molar-refractivity contribution in [3.8, 4) is 11.5 Å². The van der Waals surface area contributed by atoms with Crippen molar-refractivity contribution in [1.29, 1.82) is 0 Å². The van der Waals surface area contributed by atoms with Crippen LogP contribution in [0.5, 0.6) is 11.5 Å². The van der Waals surface area contributed by atoms with E-state index in [-0.39, 0.29) is 10.6 Å². The first-order valence-electron chi connectivity index (χ1n) is 6.78. The summed E-state index contributed by atoms with van der Waals surface area (Å²) in [6.45, 7) is 12.8. The van der Waals surface area contributed by atoms with Gasteiger partial charge in [0.2, 0.25) is 0 Å². The van der Waals surface area contributed by atoms with E-state index in [1.54, 1.807) is 18.2 Å². The van der Waals surface area contributed by atoms with Crippen molar-refractivity contribution >= 4 is 14.3 Å². The van der Waals surface area contributed by atoms with Gasteiger partial charge in [-0.2, -0.15) is 0 Å². The van der Waals surface area contributed by atoms with Gasteiger partial charge in [0.25, 0.3) is 8.32 Å². The zero-order valence-corrected chi connectivity index (χ0v) is 14.1. The van der Waals surface area contributed by atoms with Crippen molar-refractivity contribution < 1.29 is 19.1 Å². The van der Waals surface area contributed by atoms with Crippen molar-refractivity contribution in [2.24, 2.45) is 0 Å². The summed E-state index contributed by atoms with van der Waals surface area (Å²) in [6, 6.07) is 4.97. The van der Waals surface area contributed by atoms with E-state index < -0.39 is 14.3 Å². The van der Waals surface area contributed by atoms with Crippen LogP contribution < -0.4 is 9.16 Å². The fraction of sp³-hybridized carbons (Fsp3) is 0.533. The van der Waals surface area contributed by atoms with Crippen LogP contribution in [-0.2, 0) is 0 Å². The molecule has 0 spiro atoms. The zero-order valence-electron chi connectivity index (χ0n) is 13.1. The van der Waals surface area contributed by atoms with E-state index in [9.17, 15) is 9.90 Å². The summed E-state index contributed by atoms with van der Waals surface area (Å²) >= 11 is 0. The van der Waals surface area contributed by atoms with Crippen LogP contribution in [0.3, 0.4) is 0 Å². The Morgan fingerprint density at radius 3 is 2.35 bits per heavy atom. The Balaban J connectivity index is 3.30. The number of carboxylic acids is 1. The van der Waals surface area contributed by atoms with E-state index in [4.69, 9.17) is 9.16 Å². The lowest BCUT2D eigenvalue weighted by molar-refractivity contribution is 0.0694. The monoisotopic (exact) mass is 296 g/mol. The summed E-state index contributed by atoms with van der Waals surface area (Å²) in [5.41, 5.74) is 0.153. The minimum atomic E-state index is -2.13. The third-order valence-corrected chi connectivity index (χ3v) is 8.00. The third-order valence-electron chi connectivity index (χ3n) is 3.67. The quantitative estimate of drug-likeness (QED) is 0.829. The molecule has 20 heavy (non-hydrogen) atoms. The first-order chi connectivity index (χ1) is 9.10. The molecule has 1 rings (SSSR count). The molecule has 0 saturated carbocycles. The van der Waals surface area contributed by atoms with Gasteiger partial charge in [0.1, 0.15) is 5.56 Å². The number of hydrogen-bond donors (Lipinski definition) is 1. The lowest BCUT2D eigenvalue weighted by Crippen LogP contribution is -2.44. The highest BCUT2D eigenvalue weighted by atomic mass is 28.4. The van der Waals surface area contributed by atoms with Gasteiger partial charge >= 0.3 is 5.97 Å². The number of carboxylic acid groups (broad SMARTS) is 1. The number of hydrogen-bond acceptors (Lipinski definition) is 3. The molecular weight excluding hydrogens is 272 g/mol. The van der Waals surface area contributed by atoms with Crippen LogP contribution >= 0.6 is 0 Å². The Labute approximate surface area is 121 Å². The van der Waals surface area contributed by atoms with Crippen LogP contribution in [0.25, 0.3) is 0 Å². The van der Waals surface area contributed by atoms with Crippen LogP contribution in [0, 0.1) is 0 Å². The fourth-order valence-electron chi connectivity index (χ4n) is 1.47. The molecule has 112 valence electrons. The Morgan fingerprint density at radius 1 is 1.30 bits per heavy atom. The van der Waals surface area contributed by atoms with E-state index in [0.717, 1.165) is 0 Å². The topological polar surface area (TPSA) is 55.8 Å². The number of rotatable bonds is 5. The summed E-state index contributed by atoms with van der Waals surface area (Å²) < 4.78 is 11.7. The van der Waals surface area contributed by atoms with Crippen molar-refractivity contribution in [2.75, 3.05) is 6.61 Å². The van der Waals surface area contributed by atoms with E-state index in [1.807, 2.05) is 6.92 Å². The third kappa shape index (κ3) is 3.54. The molecule has 0 amide bonds. The number of carbonyl (C=O) groups is 1. The Hall–Kier alpha value is -1.49. The van der Waals surface area contributed by atoms with E-state index in [1.165, 1.54) is 0 Å².